The van der Waals surface area contributed by atoms with E-state index in [1.54, 1.807) is 0 Å². The number of rotatable bonds is 11. The van der Waals surface area contributed by atoms with Gasteiger partial charge in [0.25, 0.3) is 10.1 Å². The molecule has 0 rings (SSSR count). The highest BCUT2D eigenvalue weighted by atomic mass is 32.2. The van der Waals surface area contributed by atoms with Gasteiger partial charge in [-0.25, -0.2) is 4.79 Å². The Morgan fingerprint density at radius 3 is 2.20 bits per heavy atom. The molecule has 0 saturated heterocycles. The summed E-state index contributed by atoms with van der Waals surface area (Å²) in [6.07, 6.45) is 0.409. The summed E-state index contributed by atoms with van der Waals surface area (Å²) in [6, 6.07) is 0. The van der Waals surface area contributed by atoms with Crippen LogP contribution in [0.3, 0.4) is 0 Å². The van der Waals surface area contributed by atoms with Crippen molar-refractivity contribution in [3.05, 3.63) is 0 Å². The number of carboxylic acid groups (broad SMARTS) is 2. The quantitative estimate of drug-likeness (QED) is 0.555. The second-order valence-electron chi connectivity index (χ2n) is 4.66. The van der Waals surface area contributed by atoms with Gasteiger partial charge in [0.2, 0.25) is 0 Å². The number of hydrogen-bond donors (Lipinski definition) is 2. The molecule has 0 bridgehead atoms. The average molecular weight is 310 g/mol. The van der Waals surface area contributed by atoms with Gasteiger partial charge in [-0.05, 0) is 12.3 Å². The lowest BCUT2D eigenvalue weighted by Gasteiger charge is -2.16. The zero-order valence-corrected chi connectivity index (χ0v) is 12.6. The van der Waals surface area contributed by atoms with Crippen molar-refractivity contribution in [1.29, 1.82) is 0 Å². The van der Waals surface area contributed by atoms with E-state index in [0.29, 0.717) is 12.8 Å². The minimum absolute atomic E-state index is 0.112. The van der Waals surface area contributed by atoms with Crippen molar-refractivity contribution in [3.8, 4) is 0 Å². The summed E-state index contributed by atoms with van der Waals surface area (Å²) in [5.74, 6) is -3.42. The number of hydrogen-bond acceptors (Lipinski definition) is 5. The molecule has 0 aliphatic rings. The molecule has 0 aromatic heterocycles. The Bertz CT molecular complexity index is 416. The fourth-order valence-corrected chi connectivity index (χ4v) is 3.29. The van der Waals surface area contributed by atoms with E-state index in [9.17, 15) is 18.0 Å². The van der Waals surface area contributed by atoms with Crippen molar-refractivity contribution in [2.75, 3.05) is 5.75 Å². The third-order valence-electron chi connectivity index (χ3n) is 2.88. The highest BCUT2D eigenvalue weighted by Crippen LogP contribution is 2.17. The Hall–Kier alpha value is -1.15. The van der Waals surface area contributed by atoms with Gasteiger partial charge >= 0.3 is 11.9 Å². The van der Waals surface area contributed by atoms with Gasteiger partial charge < -0.3 is 10.2 Å². The van der Waals surface area contributed by atoms with E-state index < -0.39 is 34.6 Å². The predicted octanol–water partition coefficient (Wildman–Crippen LogP) is 1.48. The fraction of sp³-hybridized carbons (Fsp3) is 0.833. The minimum atomic E-state index is -4.06. The molecule has 0 radical (unpaired) electrons. The molecule has 20 heavy (non-hydrogen) atoms. The van der Waals surface area contributed by atoms with Crippen LogP contribution in [-0.4, -0.2) is 42.4 Å². The second kappa shape index (κ2) is 8.91. The van der Waals surface area contributed by atoms with E-state index in [4.69, 9.17) is 10.2 Å². The molecular formula is C12H22O7S. The van der Waals surface area contributed by atoms with Gasteiger partial charge in [-0.1, -0.05) is 33.1 Å². The summed E-state index contributed by atoms with van der Waals surface area (Å²) in [7, 11) is -4.06. The Kier molecular flexibility index (Phi) is 8.40. The van der Waals surface area contributed by atoms with Crippen LogP contribution in [-0.2, 0) is 23.9 Å². The molecule has 8 heteroatoms. The number of aliphatic carboxylic acids is 2. The number of unbranched alkanes of at least 4 members (excludes halogenated alkanes) is 1. The summed E-state index contributed by atoms with van der Waals surface area (Å²) in [4.78, 5) is 21.3. The van der Waals surface area contributed by atoms with E-state index in [1.165, 1.54) is 0 Å². The van der Waals surface area contributed by atoms with E-state index in [1.807, 2.05) is 13.8 Å². The molecule has 118 valence electrons. The van der Waals surface area contributed by atoms with Crippen LogP contribution in [0.4, 0.5) is 0 Å². The largest absolute Gasteiger partial charge is 0.481 e. The van der Waals surface area contributed by atoms with Crippen molar-refractivity contribution >= 4 is 22.1 Å². The van der Waals surface area contributed by atoms with Crippen LogP contribution in [0.15, 0.2) is 0 Å². The van der Waals surface area contributed by atoms with Gasteiger partial charge in [-0.3, -0.25) is 8.98 Å². The predicted molar refractivity (Wildman–Crippen MR) is 71.9 cm³/mol. The van der Waals surface area contributed by atoms with E-state index in [0.717, 1.165) is 12.8 Å². The van der Waals surface area contributed by atoms with Crippen LogP contribution < -0.4 is 0 Å². The fourth-order valence-electron chi connectivity index (χ4n) is 1.72. The van der Waals surface area contributed by atoms with Gasteiger partial charge in [-0.2, -0.15) is 8.42 Å². The summed E-state index contributed by atoms with van der Waals surface area (Å²) in [5.41, 5.74) is 0. The summed E-state index contributed by atoms with van der Waals surface area (Å²) >= 11 is 0. The smallest absolute Gasteiger partial charge is 0.334 e. The number of carbonyl (C=O) groups is 2. The first-order valence-corrected chi connectivity index (χ1v) is 8.15. The summed E-state index contributed by atoms with van der Waals surface area (Å²) in [5, 5.41) is 17.3. The standard InChI is InChI=1S/C12H22O7S/c1-3-5-6-9(4-2)8-20(17,18)19-10(12(15)16)7-11(13)14/h9-10H,3-8H2,1-2H3,(H,13,14)(H,15,16). The molecule has 0 spiro atoms. The first-order chi connectivity index (χ1) is 9.21. The van der Waals surface area contributed by atoms with Gasteiger partial charge in [0.1, 0.15) is 0 Å². The maximum Gasteiger partial charge on any atom is 0.334 e. The van der Waals surface area contributed by atoms with Crippen molar-refractivity contribution in [3.63, 3.8) is 0 Å². The summed E-state index contributed by atoms with van der Waals surface area (Å²) in [6.45, 7) is 3.84. The molecule has 2 N–H and O–H groups in total. The monoisotopic (exact) mass is 310 g/mol. The van der Waals surface area contributed by atoms with Crippen LogP contribution in [0.25, 0.3) is 0 Å². The van der Waals surface area contributed by atoms with Crippen molar-refractivity contribution in [2.24, 2.45) is 5.92 Å². The SMILES string of the molecule is CCCCC(CC)CS(=O)(=O)OC(CC(=O)O)C(=O)O. The zero-order valence-electron chi connectivity index (χ0n) is 11.7. The molecular weight excluding hydrogens is 288 g/mol. The van der Waals surface area contributed by atoms with Crippen LogP contribution >= 0.6 is 0 Å². The van der Waals surface area contributed by atoms with Crippen LogP contribution in [0.1, 0.15) is 46.0 Å². The molecule has 0 aromatic rings. The van der Waals surface area contributed by atoms with Crippen molar-refractivity contribution in [2.45, 2.75) is 52.1 Å². The van der Waals surface area contributed by atoms with Gasteiger partial charge in [0.15, 0.2) is 6.10 Å². The Morgan fingerprint density at radius 1 is 1.20 bits per heavy atom. The maximum atomic E-state index is 11.8. The van der Waals surface area contributed by atoms with Crippen LogP contribution in [0.5, 0.6) is 0 Å². The number of carboxylic acids is 2. The molecule has 0 heterocycles. The van der Waals surface area contributed by atoms with Gasteiger partial charge in [0, 0.05) is 0 Å². The Morgan fingerprint density at radius 2 is 1.80 bits per heavy atom. The van der Waals surface area contributed by atoms with Crippen molar-refractivity contribution in [1.82, 2.24) is 0 Å². The highest BCUT2D eigenvalue weighted by molar-refractivity contribution is 7.86. The third-order valence-corrected chi connectivity index (χ3v) is 4.29. The second-order valence-corrected chi connectivity index (χ2v) is 6.30. The van der Waals surface area contributed by atoms with Gasteiger partial charge in [-0.15, -0.1) is 0 Å². The third kappa shape index (κ3) is 8.11. The maximum absolute atomic E-state index is 11.8. The molecule has 2 atom stereocenters. The van der Waals surface area contributed by atoms with Crippen LogP contribution in [0, 0.1) is 5.92 Å². The highest BCUT2D eigenvalue weighted by Gasteiger charge is 2.29. The molecule has 0 amide bonds. The molecule has 0 aliphatic heterocycles. The summed E-state index contributed by atoms with van der Waals surface area (Å²) < 4.78 is 28.1. The molecule has 0 fully saturated rings. The normalized spacial score (nSPS) is 14.7. The minimum Gasteiger partial charge on any atom is -0.481 e. The Balaban J connectivity index is 4.68. The molecule has 0 aliphatic carbocycles. The molecule has 2 unspecified atom stereocenters. The van der Waals surface area contributed by atoms with Gasteiger partial charge in [0.05, 0.1) is 12.2 Å². The topological polar surface area (TPSA) is 118 Å². The molecule has 0 aromatic carbocycles. The first-order valence-electron chi connectivity index (χ1n) is 6.57. The molecule has 7 nitrogen and oxygen atoms in total. The zero-order chi connectivity index (χ0) is 15.8. The lowest BCUT2D eigenvalue weighted by molar-refractivity contribution is -0.151. The molecule has 0 saturated carbocycles. The van der Waals surface area contributed by atoms with E-state index >= 15 is 0 Å². The van der Waals surface area contributed by atoms with Crippen molar-refractivity contribution < 1.29 is 32.4 Å². The first kappa shape index (κ1) is 18.9. The lowest BCUT2D eigenvalue weighted by Crippen LogP contribution is -2.31. The van der Waals surface area contributed by atoms with E-state index in [-0.39, 0.29) is 11.7 Å². The lowest BCUT2D eigenvalue weighted by atomic mass is 10.0. The van der Waals surface area contributed by atoms with Crippen LogP contribution in [0.2, 0.25) is 0 Å². The van der Waals surface area contributed by atoms with E-state index in [2.05, 4.69) is 4.18 Å². The average Bonchev–Trinajstić information content (AvgIpc) is 2.32. The Labute approximate surface area is 119 Å².